The van der Waals surface area contributed by atoms with Gasteiger partial charge in [-0.05, 0) is 18.9 Å². The quantitative estimate of drug-likeness (QED) is 0.699. The number of hydrogen-bond donors (Lipinski definition) is 0. The van der Waals surface area contributed by atoms with Crippen LogP contribution in [0.4, 0.5) is 4.39 Å². The highest BCUT2D eigenvalue weighted by Gasteiger charge is 2.28. The molecule has 1 aliphatic rings. The first-order chi connectivity index (χ1) is 7.31. The third-order valence-corrected chi connectivity index (χ3v) is 2.94. The van der Waals surface area contributed by atoms with Crippen LogP contribution in [0, 0.1) is 5.82 Å². The van der Waals surface area contributed by atoms with E-state index >= 15 is 0 Å². The van der Waals surface area contributed by atoms with Gasteiger partial charge in [0.25, 0.3) is 0 Å². The number of alkyl halides is 1. The Labute approximate surface area is 94.8 Å². The van der Waals surface area contributed by atoms with Crippen molar-refractivity contribution in [2.24, 2.45) is 0 Å². The second-order valence-corrected chi connectivity index (χ2v) is 4.36. The second-order valence-electron chi connectivity index (χ2n) is 3.98. The van der Waals surface area contributed by atoms with Gasteiger partial charge in [-0.25, -0.2) is 4.39 Å². The molecule has 0 aliphatic heterocycles. The first kappa shape index (κ1) is 10.9. The van der Waals surface area contributed by atoms with E-state index in [0.29, 0.717) is 18.5 Å². The average molecular weight is 228 g/mol. The van der Waals surface area contributed by atoms with Gasteiger partial charge in [0.15, 0.2) is 0 Å². The summed E-state index contributed by atoms with van der Waals surface area (Å²) in [5, 5.41) is 0. The lowest BCUT2D eigenvalue weighted by atomic mass is 10.2. The number of rotatable bonds is 5. The Bertz CT molecular complexity index is 325. The summed E-state index contributed by atoms with van der Waals surface area (Å²) in [7, 11) is 0. The summed E-state index contributed by atoms with van der Waals surface area (Å²) in [6.45, 7) is 1.53. The zero-order chi connectivity index (χ0) is 10.7. The molecule has 0 heterocycles. The predicted octanol–water partition coefficient (Wildman–Crippen LogP) is 3.03. The third kappa shape index (κ3) is 2.93. The molecule has 0 spiro atoms. The minimum atomic E-state index is -0.113. The van der Waals surface area contributed by atoms with Crippen molar-refractivity contribution in [1.82, 2.24) is 4.90 Å². The molecule has 0 aromatic heterocycles. The van der Waals surface area contributed by atoms with Crippen molar-refractivity contribution < 1.29 is 4.39 Å². The molecule has 0 unspecified atom stereocenters. The molecule has 0 N–H and O–H groups in total. The van der Waals surface area contributed by atoms with Crippen molar-refractivity contribution >= 4 is 11.6 Å². The largest absolute Gasteiger partial charge is 0.295 e. The molecule has 2 rings (SSSR count). The fourth-order valence-electron chi connectivity index (χ4n) is 1.78. The van der Waals surface area contributed by atoms with E-state index < -0.39 is 0 Å². The summed E-state index contributed by atoms with van der Waals surface area (Å²) in [4.78, 5) is 2.27. The van der Waals surface area contributed by atoms with E-state index in [9.17, 15) is 4.39 Å². The Balaban J connectivity index is 2.02. The maximum Gasteiger partial charge on any atom is 0.127 e. The first-order valence-electron chi connectivity index (χ1n) is 5.34. The van der Waals surface area contributed by atoms with Crippen molar-refractivity contribution in [1.29, 1.82) is 0 Å². The van der Waals surface area contributed by atoms with Crippen LogP contribution in [0.25, 0.3) is 0 Å². The van der Waals surface area contributed by atoms with Crippen LogP contribution in [-0.2, 0) is 6.54 Å². The summed E-state index contributed by atoms with van der Waals surface area (Å²) in [6, 6.07) is 7.59. The highest BCUT2D eigenvalue weighted by molar-refractivity contribution is 6.18. The zero-order valence-electron chi connectivity index (χ0n) is 8.63. The second kappa shape index (κ2) is 4.95. The van der Waals surface area contributed by atoms with E-state index in [-0.39, 0.29) is 5.82 Å². The molecular formula is C12H15ClFN. The molecule has 1 aromatic rings. The fourth-order valence-corrected chi connectivity index (χ4v) is 2.00. The number of hydrogen-bond acceptors (Lipinski definition) is 1. The van der Waals surface area contributed by atoms with Gasteiger partial charge in [0, 0.05) is 30.6 Å². The van der Waals surface area contributed by atoms with Crippen LogP contribution in [0.5, 0.6) is 0 Å². The molecule has 15 heavy (non-hydrogen) atoms. The Morgan fingerprint density at radius 3 is 2.67 bits per heavy atom. The molecule has 1 fully saturated rings. The minimum Gasteiger partial charge on any atom is -0.295 e. The molecule has 0 amide bonds. The van der Waals surface area contributed by atoms with Gasteiger partial charge in [-0.2, -0.15) is 0 Å². The summed E-state index contributed by atoms with van der Waals surface area (Å²) in [5.74, 6) is 0.503. The molecule has 3 heteroatoms. The van der Waals surface area contributed by atoms with Crippen molar-refractivity contribution in [3.8, 4) is 0 Å². The smallest absolute Gasteiger partial charge is 0.127 e. The van der Waals surface area contributed by atoms with E-state index in [2.05, 4.69) is 4.90 Å². The normalized spacial score (nSPS) is 15.9. The van der Waals surface area contributed by atoms with E-state index in [1.165, 1.54) is 18.9 Å². The molecule has 0 saturated heterocycles. The van der Waals surface area contributed by atoms with Gasteiger partial charge in [0.05, 0.1) is 0 Å². The van der Waals surface area contributed by atoms with E-state index in [0.717, 1.165) is 12.1 Å². The minimum absolute atomic E-state index is 0.113. The summed E-state index contributed by atoms with van der Waals surface area (Å²) in [6.07, 6.45) is 2.46. The number of benzene rings is 1. The van der Waals surface area contributed by atoms with Gasteiger partial charge in [-0.1, -0.05) is 18.2 Å². The first-order valence-corrected chi connectivity index (χ1v) is 5.88. The van der Waals surface area contributed by atoms with Crippen LogP contribution in [0.2, 0.25) is 0 Å². The van der Waals surface area contributed by atoms with Crippen molar-refractivity contribution in [3.63, 3.8) is 0 Å². The van der Waals surface area contributed by atoms with Crippen LogP contribution in [0.15, 0.2) is 24.3 Å². The average Bonchev–Trinajstić information content (AvgIpc) is 3.04. The van der Waals surface area contributed by atoms with Gasteiger partial charge in [-0.15, -0.1) is 11.6 Å². The van der Waals surface area contributed by atoms with Gasteiger partial charge in [0.1, 0.15) is 5.82 Å². The van der Waals surface area contributed by atoms with Gasteiger partial charge in [-0.3, -0.25) is 4.90 Å². The van der Waals surface area contributed by atoms with Crippen molar-refractivity contribution in [2.45, 2.75) is 25.4 Å². The standard InChI is InChI=1S/C12H15ClFN/c13-7-8-15(11-5-6-11)9-10-3-1-2-4-12(10)14/h1-4,11H,5-9H2. The van der Waals surface area contributed by atoms with Crippen molar-refractivity contribution in [3.05, 3.63) is 35.6 Å². The van der Waals surface area contributed by atoms with E-state index in [4.69, 9.17) is 11.6 Å². The molecule has 1 nitrogen and oxygen atoms in total. The van der Waals surface area contributed by atoms with Crippen LogP contribution in [0.3, 0.4) is 0 Å². The maximum atomic E-state index is 13.4. The topological polar surface area (TPSA) is 3.24 Å². The van der Waals surface area contributed by atoms with E-state index in [1.54, 1.807) is 6.07 Å². The molecule has 1 aromatic carbocycles. The fraction of sp³-hybridized carbons (Fsp3) is 0.500. The van der Waals surface area contributed by atoms with Crippen LogP contribution in [-0.4, -0.2) is 23.4 Å². The predicted molar refractivity (Wildman–Crippen MR) is 60.6 cm³/mol. The Kier molecular flexibility index (Phi) is 3.60. The summed E-state index contributed by atoms with van der Waals surface area (Å²) >= 11 is 5.74. The molecule has 0 atom stereocenters. The van der Waals surface area contributed by atoms with Gasteiger partial charge >= 0.3 is 0 Å². The molecule has 0 bridgehead atoms. The Morgan fingerprint density at radius 2 is 2.07 bits per heavy atom. The Morgan fingerprint density at radius 1 is 1.33 bits per heavy atom. The molecule has 82 valence electrons. The van der Waals surface area contributed by atoms with Crippen LogP contribution < -0.4 is 0 Å². The molecule has 0 radical (unpaired) electrons. The van der Waals surface area contributed by atoms with Crippen LogP contribution >= 0.6 is 11.6 Å². The third-order valence-electron chi connectivity index (χ3n) is 2.77. The molecular weight excluding hydrogens is 213 g/mol. The lowest BCUT2D eigenvalue weighted by Crippen LogP contribution is -2.27. The number of halogens is 2. The maximum absolute atomic E-state index is 13.4. The highest BCUT2D eigenvalue weighted by atomic mass is 35.5. The van der Waals surface area contributed by atoms with E-state index in [1.807, 2.05) is 12.1 Å². The lowest BCUT2D eigenvalue weighted by Gasteiger charge is -2.20. The van der Waals surface area contributed by atoms with Crippen molar-refractivity contribution in [2.75, 3.05) is 12.4 Å². The van der Waals surface area contributed by atoms with Gasteiger partial charge < -0.3 is 0 Å². The Hall–Kier alpha value is -0.600. The summed E-state index contributed by atoms with van der Waals surface area (Å²) < 4.78 is 13.4. The molecule has 1 saturated carbocycles. The SMILES string of the molecule is Fc1ccccc1CN(CCCl)C1CC1. The lowest BCUT2D eigenvalue weighted by molar-refractivity contribution is 0.267. The molecule has 1 aliphatic carbocycles. The summed E-state index contributed by atoms with van der Waals surface area (Å²) in [5.41, 5.74) is 0.773. The van der Waals surface area contributed by atoms with Crippen LogP contribution in [0.1, 0.15) is 18.4 Å². The highest BCUT2D eigenvalue weighted by Crippen LogP contribution is 2.28. The monoisotopic (exact) mass is 227 g/mol. The zero-order valence-corrected chi connectivity index (χ0v) is 9.38. The van der Waals surface area contributed by atoms with Gasteiger partial charge in [0.2, 0.25) is 0 Å². The number of nitrogens with zero attached hydrogens (tertiary/aromatic N) is 1.